The predicted octanol–water partition coefficient (Wildman–Crippen LogP) is 5.07. The molecule has 5 nitrogen and oxygen atoms in total. The molecule has 0 unspecified atom stereocenters. The Bertz CT molecular complexity index is 1090. The van der Waals surface area contributed by atoms with Crippen LogP contribution in [-0.4, -0.2) is 35.4 Å². The van der Waals surface area contributed by atoms with Crippen molar-refractivity contribution in [2.45, 2.75) is 57.7 Å². The molecule has 0 aliphatic heterocycles. The third-order valence-corrected chi connectivity index (χ3v) is 6.52. The largest absolute Gasteiger partial charge is 0.484 e. The fraction of sp³-hybridized carbons (Fsp3) is 0.333. The van der Waals surface area contributed by atoms with E-state index < -0.39 is 6.04 Å². The first-order valence-corrected chi connectivity index (χ1v) is 12.5. The van der Waals surface area contributed by atoms with E-state index in [1.54, 1.807) is 4.90 Å². The van der Waals surface area contributed by atoms with Gasteiger partial charge in [0.2, 0.25) is 5.91 Å². The Morgan fingerprint density at radius 1 is 0.914 bits per heavy atom. The molecule has 5 heteroatoms. The molecule has 2 amide bonds. The summed E-state index contributed by atoms with van der Waals surface area (Å²) in [4.78, 5) is 28.9. The highest BCUT2D eigenvalue weighted by molar-refractivity contribution is 5.88. The zero-order valence-corrected chi connectivity index (χ0v) is 20.4. The van der Waals surface area contributed by atoms with Crippen LogP contribution in [-0.2, 0) is 22.6 Å². The van der Waals surface area contributed by atoms with Gasteiger partial charge in [-0.2, -0.15) is 0 Å². The molecule has 1 atom stereocenters. The van der Waals surface area contributed by atoms with E-state index in [4.69, 9.17) is 4.74 Å². The van der Waals surface area contributed by atoms with Crippen molar-refractivity contribution < 1.29 is 14.3 Å². The number of hydrogen-bond donors (Lipinski definition) is 1. The number of rotatable bonds is 10. The van der Waals surface area contributed by atoms with Crippen molar-refractivity contribution in [3.05, 3.63) is 102 Å². The smallest absolute Gasteiger partial charge is 0.261 e. The van der Waals surface area contributed by atoms with Gasteiger partial charge in [-0.05, 0) is 48.6 Å². The van der Waals surface area contributed by atoms with Gasteiger partial charge >= 0.3 is 0 Å². The summed E-state index contributed by atoms with van der Waals surface area (Å²) < 4.78 is 5.86. The number of ether oxygens (including phenoxy) is 1. The van der Waals surface area contributed by atoms with Crippen LogP contribution >= 0.6 is 0 Å². The quantitative estimate of drug-likeness (QED) is 0.450. The summed E-state index contributed by atoms with van der Waals surface area (Å²) in [7, 11) is 0. The summed E-state index contributed by atoms with van der Waals surface area (Å²) in [6.45, 7) is 2.20. The van der Waals surface area contributed by atoms with Gasteiger partial charge in [0.25, 0.3) is 5.91 Å². The van der Waals surface area contributed by atoms with Crippen molar-refractivity contribution >= 4 is 11.8 Å². The highest BCUT2D eigenvalue weighted by atomic mass is 16.5. The summed E-state index contributed by atoms with van der Waals surface area (Å²) in [5.74, 6) is 0.339. The molecule has 1 saturated carbocycles. The van der Waals surface area contributed by atoms with Gasteiger partial charge in [0.15, 0.2) is 6.61 Å². The lowest BCUT2D eigenvalue weighted by Crippen LogP contribution is -2.53. The van der Waals surface area contributed by atoms with Crippen LogP contribution in [0.3, 0.4) is 0 Å². The van der Waals surface area contributed by atoms with Gasteiger partial charge in [-0.3, -0.25) is 9.59 Å². The molecular formula is C30H34N2O3. The molecule has 0 heterocycles. The SMILES string of the molecule is Cc1cccc(OCC(=O)N(Cc2ccccc2)[C@H](Cc2ccccc2)C(=O)NC2CCCC2)c1. The van der Waals surface area contributed by atoms with Crippen LogP contribution in [0.5, 0.6) is 5.75 Å². The number of aryl methyl sites for hydroxylation is 1. The molecule has 1 aliphatic rings. The zero-order chi connectivity index (χ0) is 24.5. The molecule has 182 valence electrons. The van der Waals surface area contributed by atoms with E-state index in [0.717, 1.165) is 42.4 Å². The Labute approximate surface area is 208 Å². The van der Waals surface area contributed by atoms with Gasteiger partial charge in [-0.1, -0.05) is 85.6 Å². The molecule has 3 aromatic carbocycles. The van der Waals surface area contributed by atoms with Gasteiger partial charge in [0.1, 0.15) is 11.8 Å². The number of carbonyl (C=O) groups is 2. The molecule has 0 spiro atoms. The minimum atomic E-state index is -0.633. The molecule has 0 bridgehead atoms. The minimum absolute atomic E-state index is 0.0967. The minimum Gasteiger partial charge on any atom is -0.484 e. The average molecular weight is 471 g/mol. The van der Waals surface area contributed by atoms with E-state index in [1.165, 1.54) is 0 Å². The zero-order valence-electron chi connectivity index (χ0n) is 20.4. The molecule has 1 aliphatic carbocycles. The molecular weight excluding hydrogens is 436 g/mol. The normalized spacial score (nSPS) is 14.3. The van der Waals surface area contributed by atoms with Crippen LogP contribution in [0, 0.1) is 6.92 Å². The van der Waals surface area contributed by atoms with Crippen molar-refractivity contribution in [2.24, 2.45) is 0 Å². The second-order valence-electron chi connectivity index (χ2n) is 9.31. The maximum absolute atomic E-state index is 13.6. The van der Waals surface area contributed by atoms with Crippen molar-refractivity contribution in [3.8, 4) is 5.75 Å². The topological polar surface area (TPSA) is 58.6 Å². The fourth-order valence-corrected chi connectivity index (χ4v) is 4.63. The van der Waals surface area contributed by atoms with E-state index in [2.05, 4.69) is 5.32 Å². The van der Waals surface area contributed by atoms with Crippen LogP contribution < -0.4 is 10.1 Å². The van der Waals surface area contributed by atoms with Crippen LogP contribution in [0.1, 0.15) is 42.4 Å². The second-order valence-corrected chi connectivity index (χ2v) is 9.31. The number of carbonyl (C=O) groups excluding carboxylic acids is 2. The van der Waals surface area contributed by atoms with Crippen LogP contribution in [0.25, 0.3) is 0 Å². The molecule has 0 radical (unpaired) electrons. The van der Waals surface area contributed by atoms with Crippen molar-refractivity contribution in [3.63, 3.8) is 0 Å². The molecule has 1 fully saturated rings. The van der Waals surface area contributed by atoms with Gasteiger partial charge < -0.3 is 15.0 Å². The fourth-order valence-electron chi connectivity index (χ4n) is 4.63. The van der Waals surface area contributed by atoms with Crippen molar-refractivity contribution in [2.75, 3.05) is 6.61 Å². The average Bonchev–Trinajstić information content (AvgIpc) is 3.39. The summed E-state index contributed by atoms with van der Waals surface area (Å²) in [6.07, 6.45) is 4.69. The lowest BCUT2D eigenvalue weighted by molar-refractivity contribution is -0.143. The first-order chi connectivity index (χ1) is 17.1. The highest BCUT2D eigenvalue weighted by Gasteiger charge is 2.32. The Morgan fingerprint density at radius 2 is 1.57 bits per heavy atom. The molecule has 1 N–H and O–H groups in total. The van der Waals surface area contributed by atoms with Gasteiger partial charge in [-0.25, -0.2) is 0 Å². The molecule has 35 heavy (non-hydrogen) atoms. The maximum atomic E-state index is 13.6. The van der Waals surface area contributed by atoms with Crippen LogP contribution in [0.15, 0.2) is 84.9 Å². The highest BCUT2D eigenvalue weighted by Crippen LogP contribution is 2.20. The molecule has 4 rings (SSSR count). The van der Waals surface area contributed by atoms with Crippen LogP contribution in [0.2, 0.25) is 0 Å². The Hall–Kier alpha value is -3.60. The predicted molar refractivity (Wildman–Crippen MR) is 138 cm³/mol. The van der Waals surface area contributed by atoms with Crippen molar-refractivity contribution in [1.82, 2.24) is 10.2 Å². The molecule has 3 aromatic rings. The summed E-state index contributed by atoms with van der Waals surface area (Å²) in [5.41, 5.74) is 3.06. The second kappa shape index (κ2) is 12.2. The maximum Gasteiger partial charge on any atom is 0.261 e. The third kappa shape index (κ3) is 7.19. The first-order valence-electron chi connectivity index (χ1n) is 12.5. The number of hydrogen-bond acceptors (Lipinski definition) is 3. The van der Waals surface area contributed by atoms with Gasteiger partial charge in [0, 0.05) is 19.0 Å². The number of amides is 2. The van der Waals surface area contributed by atoms with E-state index in [0.29, 0.717) is 18.7 Å². The Balaban J connectivity index is 1.59. The van der Waals surface area contributed by atoms with Crippen molar-refractivity contribution in [1.29, 1.82) is 0 Å². The Kier molecular flexibility index (Phi) is 8.55. The van der Waals surface area contributed by atoms with Gasteiger partial charge in [0.05, 0.1) is 0 Å². The van der Waals surface area contributed by atoms with E-state index in [1.807, 2.05) is 91.9 Å². The third-order valence-electron chi connectivity index (χ3n) is 6.52. The van der Waals surface area contributed by atoms with Gasteiger partial charge in [-0.15, -0.1) is 0 Å². The summed E-state index contributed by atoms with van der Waals surface area (Å²) in [6, 6.07) is 26.9. The monoisotopic (exact) mass is 470 g/mol. The lowest BCUT2D eigenvalue weighted by Gasteiger charge is -2.32. The summed E-state index contributed by atoms with van der Waals surface area (Å²) in [5, 5.41) is 3.23. The first kappa shape index (κ1) is 24.5. The summed E-state index contributed by atoms with van der Waals surface area (Å²) >= 11 is 0. The number of benzene rings is 3. The molecule has 0 saturated heterocycles. The molecule has 0 aromatic heterocycles. The number of nitrogens with one attached hydrogen (secondary N) is 1. The van der Waals surface area contributed by atoms with E-state index in [-0.39, 0.29) is 24.5 Å². The standard InChI is InChI=1S/C30H34N2O3/c1-23-11-10-18-27(19-23)35-22-29(33)32(21-25-14-6-3-7-15-25)28(20-24-12-4-2-5-13-24)30(34)31-26-16-8-9-17-26/h2-7,10-15,18-19,26,28H,8-9,16-17,20-22H2,1H3,(H,31,34)/t28-/m1/s1. The van der Waals surface area contributed by atoms with E-state index >= 15 is 0 Å². The van der Waals surface area contributed by atoms with Crippen LogP contribution in [0.4, 0.5) is 0 Å². The Morgan fingerprint density at radius 3 is 2.23 bits per heavy atom. The number of nitrogens with zero attached hydrogens (tertiary/aromatic N) is 1. The lowest BCUT2D eigenvalue weighted by atomic mass is 10.0. The van der Waals surface area contributed by atoms with E-state index in [9.17, 15) is 9.59 Å².